The maximum atomic E-state index is 15.3. The molecule has 2 aromatic carbocycles. The summed E-state index contributed by atoms with van der Waals surface area (Å²) >= 11 is 0. The normalized spacial score (nSPS) is 17.5. The largest absolute Gasteiger partial charge is 0.495 e. The van der Waals surface area contributed by atoms with Crippen molar-refractivity contribution in [2.24, 2.45) is 15.7 Å². The van der Waals surface area contributed by atoms with Crippen molar-refractivity contribution >= 4 is 41.3 Å². The minimum Gasteiger partial charge on any atom is -0.495 e. The average molecular weight is 616 g/mol. The van der Waals surface area contributed by atoms with Gasteiger partial charge in [0, 0.05) is 55.6 Å². The number of methoxy groups -OCH3 is 1. The number of nitrogens with zero attached hydrogens (tertiary/aromatic N) is 5. The number of amidine groups is 1. The van der Waals surface area contributed by atoms with Crippen molar-refractivity contribution in [3.8, 4) is 17.2 Å². The van der Waals surface area contributed by atoms with Crippen molar-refractivity contribution in [1.29, 1.82) is 0 Å². The number of rotatable bonds is 10. The Morgan fingerprint density at radius 3 is 2.62 bits per heavy atom. The van der Waals surface area contributed by atoms with Crippen LogP contribution in [0.2, 0.25) is 0 Å². The van der Waals surface area contributed by atoms with Crippen LogP contribution < -0.4 is 25.4 Å². The molecule has 3 heterocycles. The number of nitrogens with one attached hydrogen (secondary N) is 1. The summed E-state index contributed by atoms with van der Waals surface area (Å²) in [7, 11) is 1.56. The maximum absolute atomic E-state index is 15.3. The van der Waals surface area contributed by atoms with Gasteiger partial charge in [0.15, 0.2) is 5.82 Å². The Morgan fingerprint density at radius 2 is 1.93 bits per heavy atom. The van der Waals surface area contributed by atoms with Gasteiger partial charge >= 0.3 is 0 Å². The summed E-state index contributed by atoms with van der Waals surface area (Å²) in [6.07, 6.45) is 4.49. The van der Waals surface area contributed by atoms with E-state index >= 15 is 4.39 Å². The molecular weight excluding hydrogens is 577 g/mol. The molecule has 0 radical (unpaired) electrons. The molecule has 3 aromatic rings. The second kappa shape index (κ2) is 14.2. The molecule has 1 aromatic heterocycles. The lowest BCUT2D eigenvalue weighted by Gasteiger charge is -2.34. The number of pyridine rings is 1. The molecule has 0 spiro atoms. The van der Waals surface area contributed by atoms with Crippen molar-refractivity contribution < 1.29 is 23.4 Å². The van der Waals surface area contributed by atoms with Gasteiger partial charge in [-0.1, -0.05) is 6.58 Å². The second-order valence-corrected chi connectivity index (χ2v) is 10.9. The predicted molar refractivity (Wildman–Crippen MR) is 174 cm³/mol. The lowest BCUT2D eigenvalue weighted by Crippen LogP contribution is -2.44. The first-order valence-electron chi connectivity index (χ1n) is 14.8. The fourth-order valence-corrected chi connectivity index (χ4v) is 5.44. The number of benzene rings is 2. The number of ether oxygens (including phenoxy) is 3. The van der Waals surface area contributed by atoms with Crippen LogP contribution >= 0.6 is 0 Å². The molecule has 0 aliphatic carbocycles. The Kier molecular flexibility index (Phi) is 9.93. The summed E-state index contributed by atoms with van der Waals surface area (Å²) in [6, 6.07) is 11.7. The van der Waals surface area contributed by atoms with E-state index in [1.165, 1.54) is 18.2 Å². The number of likely N-dealkylation sites (tertiary alicyclic amines) is 1. The summed E-state index contributed by atoms with van der Waals surface area (Å²) < 4.78 is 32.3. The van der Waals surface area contributed by atoms with Gasteiger partial charge in [0.1, 0.15) is 34.6 Å². The van der Waals surface area contributed by atoms with Crippen LogP contribution in [0.5, 0.6) is 17.2 Å². The van der Waals surface area contributed by atoms with Crippen molar-refractivity contribution in [3.05, 3.63) is 72.7 Å². The monoisotopic (exact) mass is 615 g/mol. The lowest BCUT2D eigenvalue weighted by atomic mass is 10.0. The van der Waals surface area contributed by atoms with E-state index in [2.05, 4.69) is 45.4 Å². The molecule has 2 aliphatic rings. The number of hydrogen-bond donors (Lipinski definition) is 2. The van der Waals surface area contributed by atoms with E-state index in [0.717, 1.165) is 25.2 Å². The molecule has 0 saturated carbocycles. The van der Waals surface area contributed by atoms with Crippen molar-refractivity contribution in [3.63, 3.8) is 0 Å². The van der Waals surface area contributed by atoms with E-state index < -0.39 is 5.82 Å². The number of nitrogens with two attached hydrogens (primary N) is 1. The molecule has 236 valence electrons. The van der Waals surface area contributed by atoms with E-state index in [0.29, 0.717) is 60.5 Å². The fraction of sp³-hybridized carbons (Fsp3) is 0.333. The highest BCUT2D eigenvalue weighted by Crippen LogP contribution is 2.35. The quantitative estimate of drug-likeness (QED) is 0.181. The number of aliphatic imine (C=N–C) groups is 2. The molecule has 5 rings (SSSR count). The Morgan fingerprint density at radius 1 is 1.16 bits per heavy atom. The zero-order chi connectivity index (χ0) is 31.9. The summed E-state index contributed by atoms with van der Waals surface area (Å²) in [4.78, 5) is 28.8. The van der Waals surface area contributed by atoms with Crippen LogP contribution in [0.4, 0.5) is 27.3 Å². The Balaban J connectivity index is 1.33. The average Bonchev–Trinajstić information content (AvgIpc) is 3.06. The van der Waals surface area contributed by atoms with Gasteiger partial charge in [-0.15, -0.1) is 0 Å². The highest BCUT2D eigenvalue weighted by atomic mass is 19.1. The summed E-state index contributed by atoms with van der Waals surface area (Å²) in [5, 5.41) is 3.49. The van der Waals surface area contributed by atoms with Crippen LogP contribution in [-0.2, 0) is 9.53 Å². The highest BCUT2D eigenvalue weighted by molar-refractivity contribution is 6.04. The first kappa shape index (κ1) is 31.5. The number of piperidine rings is 1. The Labute approximate surface area is 262 Å². The van der Waals surface area contributed by atoms with E-state index in [1.54, 1.807) is 42.5 Å². The van der Waals surface area contributed by atoms with E-state index in [4.69, 9.17) is 19.9 Å². The van der Waals surface area contributed by atoms with Crippen LogP contribution in [0, 0.1) is 5.82 Å². The number of carbonyl (C=O) groups is 1. The van der Waals surface area contributed by atoms with Gasteiger partial charge in [-0.2, -0.15) is 0 Å². The van der Waals surface area contributed by atoms with Gasteiger partial charge in [-0.25, -0.2) is 14.4 Å². The molecule has 1 amide bonds. The van der Waals surface area contributed by atoms with E-state index in [1.807, 2.05) is 6.07 Å². The highest BCUT2D eigenvalue weighted by Gasteiger charge is 2.24. The number of amides is 1. The number of aromatic nitrogens is 1. The van der Waals surface area contributed by atoms with Crippen molar-refractivity contribution in [2.45, 2.75) is 31.8 Å². The standard InChI is InChI=1S/C33H38FN7O4/c1-5-32(42)40-12-9-22(10-13-40)38-29-18-25(28(36-3)19-30(29)43-4)33(35)39-27-7-6-23(16-26(27)34)45-24-8-11-37-31(17-24)41-14-15-44-20-21(41)2/h5-8,11,16-19,21-22,38H,1,3,9-10,12-15,20H2,2,4H3,(H2,35,39)/t21-/m1/s1. The Hall–Kier alpha value is -4.97. The minimum absolute atomic E-state index is 0.0389. The van der Waals surface area contributed by atoms with Gasteiger partial charge in [0.25, 0.3) is 0 Å². The molecule has 0 unspecified atom stereocenters. The first-order valence-corrected chi connectivity index (χ1v) is 14.8. The number of anilines is 2. The first-order chi connectivity index (χ1) is 21.8. The molecular formula is C33H38FN7O4. The fourth-order valence-electron chi connectivity index (χ4n) is 5.44. The zero-order valence-corrected chi connectivity index (χ0v) is 25.5. The summed E-state index contributed by atoms with van der Waals surface area (Å²) in [5.41, 5.74) is 8.04. The zero-order valence-electron chi connectivity index (χ0n) is 25.5. The molecule has 3 N–H and O–H groups in total. The minimum atomic E-state index is -0.604. The Bertz CT molecular complexity index is 1590. The molecule has 45 heavy (non-hydrogen) atoms. The van der Waals surface area contributed by atoms with Gasteiger partial charge in [0.2, 0.25) is 5.91 Å². The molecule has 1 atom stereocenters. The molecule has 2 saturated heterocycles. The van der Waals surface area contributed by atoms with Crippen LogP contribution in [0.3, 0.4) is 0 Å². The molecule has 12 heteroatoms. The molecule has 0 bridgehead atoms. The molecule has 11 nitrogen and oxygen atoms in total. The smallest absolute Gasteiger partial charge is 0.245 e. The third-order valence-corrected chi connectivity index (χ3v) is 7.88. The number of hydrogen-bond acceptors (Lipinski definition) is 9. The number of carbonyl (C=O) groups excluding carboxylic acids is 1. The van der Waals surface area contributed by atoms with Gasteiger partial charge in [-0.05, 0) is 56.8 Å². The van der Waals surface area contributed by atoms with Crippen molar-refractivity contribution in [2.75, 3.05) is 50.2 Å². The topological polar surface area (TPSA) is 127 Å². The van der Waals surface area contributed by atoms with E-state index in [9.17, 15) is 4.79 Å². The molecule has 2 fully saturated rings. The van der Waals surface area contributed by atoms with Crippen molar-refractivity contribution in [1.82, 2.24) is 9.88 Å². The summed E-state index contributed by atoms with van der Waals surface area (Å²) in [6.45, 7) is 12.5. The van der Waals surface area contributed by atoms with Crippen LogP contribution in [0.25, 0.3) is 0 Å². The number of morpholine rings is 1. The summed E-state index contributed by atoms with van der Waals surface area (Å²) in [5.74, 6) is 1.54. The third-order valence-electron chi connectivity index (χ3n) is 7.88. The van der Waals surface area contributed by atoms with E-state index in [-0.39, 0.29) is 29.5 Å². The molecule has 2 aliphatic heterocycles. The second-order valence-electron chi connectivity index (χ2n) is 10.9. The van der Waals surface area contributed by atoms with Gasteiger partial charge < -0.3 is 35.1 Å². The number of halogens is 1. The van der Waals surface area contributed by atoms with Crippen LogP contribution in [-0.4, -0.2) is 80.4 Å². The lowest BCUT2D eigenvalue weighted by molar-refractivity contribution is -0.126. The maximum Gasteiger partial charge on any atom is 0.245 e. The predicted octanol–water partition coefficient (Wildman–Crippen LogP) is 5.20. The third kappa shape index (κ3) is 7.40. The van der Waals surface area contributed by atoms with Crippen LogP contribution in [0.1, 0.15) is 25.3 Å². The van der Waals surface area contributed by atoms with Crippen LogP contribution in [0.15, 0.2) is 71.3 Å². The van der Waals surface area contributed by atoms with Gasteiger partial charge in [-0.3, -0.25) is 9.79 Å². The SMILES string of the molecule is C=CC(=O)N1CCC(Nc2cc(C(N)=Nc3ccc(Oc4ccnc(N5CCOC[C@H]5C)c4)cc3F)c(N=C)cc2OC)CC1. The van der Waals surface area contributed by atoms with Gasteiger partial charge in [0.05, 0.1) is 37.7 Å².